The molecule has 0 saturated carbocycles. The molecule has 0 radical (unpaired) electrons. The Morgan fingerprint density at radius 3 is 2.82 bits per heavy atom. The van der Waals surface area contributed by atoms with Crippen molar-refractivity contribution in [3.63, 3.8) is 0 Å². The first-order valence-electron chi connectivity index (χ1n) is 5.51. The van der Waals surface area contributed by atoms with Gasteiger partial charge in [0.1, 0.15) is 0 Å². The van der Waals surface area contributed by atoms with E-state index in [0.29, 0.717) is 18.1 Å². The summed E-state index contributed by atoms with van der Waals surface area (Å²) in [6, 6.07) is 5.44. The molecule has 0 aliphatic carbocycles. The summed E-state index contributed by atoms with van der Waals surface area (Å²) in [6.07, 6.45) is 1.06. The van der Waals surface area contributed by atoms with Crippen molar-refractivity contribution in [1.29, 1.82) is 0 Å². The lowest BCUT2D eigenvalue weighted by Crippen LogP contribution is -2.31. The van der Waals surface area contributed by atoms with E-state index in [2.05, 4.69) is 5.43 Å². The molecule has 1 rings (SSSR count). The number of amides is 1. The van der Waals surface area contributed by atoms with Gasteiger partial charge in [0.15, 0.2) is 11.5 Å². The van der Waals surface area contributed by atoms with Gasteiger partial charge in [-0.1, -0.05) is 19.1 Å². The number of ether oxygens (including phenoxy) is 2. The second-order valence-corrected chi connectivity index (χ2v) is 3.54. The van der Waals surface area contributed by atoms with E-state index in [-0.39, 0.29) is 12.3 Å². The average molecular weight is 238 g/mol. The first-order valence-corrected chi connectivity index (χ1v) is 5.51. The van der Waals surface area contributed by atoms with Gasteiger partial charge in [0.25, 0.3) is 0 Å². The number of hydrogen-bond acceptors (Lipinski definition) is 4. The van der Waals surface area contributed by atoms with Crippen LogP contribution in [-0.4, -0.2) is 19.6 Å². The number of para-hydroxylation sites is 1. The summed E-state index contributed by atoms with van der Waals surface area (Å²) in [5.41, 5.74) is 2.86. The van der Waals surface area contributed by atoms with Crippen molar-refractivity contribution in [2.24, 2.45) is 5.84 Å². The molecule has 0 fully saturated rings. The molecule has 0 saturated heterocycles. The zero-order valence-electron chi connectivity index (χ0n) is 10.2. The van der Waals surface area contributed by atoms with Crippen molar-refractivity contribution in [1.82, 2.24) is 5.43 Å². The van der Waals surface area contributed by atoms with E-state index >= 15 is 0 Å². The molecule has 1 aromatic carbocycles. The Bertz CT molecular complexity index is 380. The SMILES string of the molecule is CCCOc1c(CC(=O)NN)cccc1OC. The number of carbonyl (C=O) groups excluding carboxylic acids is 1. The molecular weight excluding hydrogens is 220 g/mol. The fourth-order valence-corrected chi connectivity index (χ4v) is 1.45. The van der Waals surface area contributed by atoms with Crippen LogP contribution in [-0.2, 0) is 11.2 Å². The second-order valence-electron chi connectivity index (χ2n) is 3.54. The minimum atomic E-state index is -0.264. The van der Waals surface area contributed by atoms with Gasteiger partial charge in [-0.3, -0.25) is 10.2 Å². The monoisotopic (exact) mass is 238 g/mol. The summed E-state index contributed by atoms with van der Waals surface area (Å²) < 4.78 is 10.8. The van der Waals surface area contributed by atoms with E-state index in [0.717, 1.165) is 12.0 Å². The van der Waals surface area contributed by atoms with Crippen molar-refractivity contribution < 1.29 is 14.3 Å². The van der Waals surface area contributed by atoms with Gasteiger partial charge in [0.2, 0.25) is 5.91 Å². The molecule has 17 heavy (non-hydrogen) atoms. The molecule has 0 bridgehead atoms. The molecule has 0 unspecified atom stereocenters. The van der Waals surface area contributed by atoms with Crippen LogP contribution in [0.15, 0.2) is 18.2 Å². The molecular formula is C12H18N2O3. The Balaban J connectivity index is 2.96. The average Bonchev–Trinajstić information content (AvgIpc) is 2.36. The van der Waals surface area contributed by atoms with E-state index in [1.165, 1.54) is 0 Å². The van der Waals surface area contributed by atoms with Crippen LogP contribution in [0, 0.1) is 0 Å². The topological polar surface area (TPSA) is 73.6 Å². The predicted molar refractivity (Wildman–Crippen MR) is 64.8 cm³/mol. The van der Waals surface area contributed by atoms with Gasteiger partial charge >= 0.3 is 0 Å². The molecule has 0 aliphatic rings. The van der Waals surface area contributed by atoms with Gasteiger partial charge < -0.3 is 9.47 Å². The zero-order chi connectivity index (χ0) is 12.7. The maximum Gasteiger partial charge on any atom is 0.238 e. The van der Waals surface area contributed by atoms with E-state index in [1.54, 1.807) is 13.2 Å². The number of hydrogen-bond donors (Lipinski definition) is 2. The van der Waals surface area contributed by atoms with Crippen LogP contribution >= 0.6 is 0 Å². The molecule has 0 aromatic heterocycles. The van der Waals surface area contributed by atoms with Crippen LogP contribution in [0.5, 0.6) is 11.5 Å². The van der Waals surface area contributed by atoms with Crippen LogP contribution in [0.4, 0.5) is 0 Å². The third-order valence-electron chi connectivity index (χ3n) is 2.24. The van der Waals surface area contributed by atoms with E-state index in [4.69, 9.17) is 15.3 Å². The van der Waals surface area contributed by atoms with Crippen LogP contribution in [0.2, 0.25) is 0 Å². The van der Waals surface area contributed by atoms with Crippen LogP contribution in [0.1, 0.15) is 18.9 Å². The number of rotatable bonds is 6. The molecule has 1 amide bonds. The van der Waals surface area contributed by atoms with Gasteiger partial charge in [-0.25, -0.2) is 5.84 Å². The van der Waals surface area contributed by atoms with Crippen molar-refractivity contribution in [3.05, 3.63) is 23.8 Å². The van der Waals surface area contributed by atoms with Crippen molar-refractivity contribution >= 4 is 5.91 Å². The number of nitrogens with one attached hydrogen (secondary N) is 1. The van der Waals surface area contributed by atoms with Crippen LogP contribution < -0.4 is 20.7 Å². The molecule has 0 heterocycles. The van der Waals surface area contributed by atoms with Gasteiger partial charge in [-0.15, -0.1) is 0 Å². The van der Waals surface area contributed by atoms with Crippen molar-refractivity contribution in [2.45, 2.75) is 19.8 Å². The number of methoxy groups -OCH3 is 1. The van der Waals surface area contributed by atoms with Gasteiger partial charge in [0.05, 0.1) is 20.1 Å². The van der Waals surface area contributed by atoms with Crippen molar-refractivity contribution in [2.75, 3.05) is 13.7 Å². The lowest BCUT2D eigenvalue weighted by atomic mass is 10.1. The molecule has 1 aromatic rings. The highest BCUT2D eigenvalue weighted by Crippen LogP contribution is 2.31. The molecule has 3 N–H and O–H groups in total. The lowest BCUT2D eigenvalue weighted by Gasteiger charge is -2.14. The van der Waals surface area contributed by atoms with Gasteiger partial charge in [0, 0.05) is 5.56 Å². The molecule has 0 atom stereocenters. The maximum atomic E-state index is 11.3. The Labute approximate surface area is 101 Å². The molecule has 5 heteroatoms. The molecule has 5 nitrogen and oxygen atoms in total. The minimum absolute atomic E-state index is 0.173. The lowest BCUT2D eigenvalue weighted by molar-refractivity contribution is -0.120. The third-order valence-corrected chi connectivity index (χ3v) is 2.24. The van der Waals surface area contributed by atoms with Crippen LogP contribution in [0.3, 0.4) is 0 Å². The summed E-state index contributed by atoms with van der Waals surface area (Å²) in [5.74, 6) is 6.04. The largest absolute Gasteiger partial charge is 0.493 e. The summed E-state index contributed by atoms with van der Waals surface area (Å²) in [5, 5.41) is 0. The highest BCUT2D eigenvalue weighted by atomic mass is 16.5. The summed E-state index contributed by atoms with van der Waals surface area (Å²) >= 11 is 0. The maximum absolute atomic E-state index is 11.3. The van der Waals surface area contributed by atoms with E-state index in [9.17, 15) is 4.79 Å². The number of carbonyl (C=O) groups is 1. The zero-order valence-corrected chi connectivity index (χ0v) is 10.2. The molecule has 94 valence electrons. The summed E-state index contributed by atoms with van der Waals surface area (Å²) in [7, 11) is 1.57. The fourth-order valence-electron chi connectivity index (χ4n) is 1.45. The summed E-state index contributed by atoms with van der Waals surface area (Å²) in [4.78, 5) is 11.3. The Morgan fingerprint density at radius 1 is 1.47 bits per heavy atom. The van der Waals surface area contributed by atoms with E-state index in [1.807, 2.05) is 19.1 Å². The summed E-state index contributed by atoms with van der Waals surface area (Å²) in [6.45, 7) is 2.60. The smallest absolute Gasteiger partial charge is 0.238 e. The quantitative estimate of drug-likeness (QED) is 0.441. The van der Waals surface area contributed by atoms with Gasteiger partial charge in [-0.2, -0.15) is 0 Å². The first-order chi connectivity index (χ1) is 8.22. The minimum Gasteiger partial charge on any atom is -0.493 e. The normalized spacial score (nSPS) is 9.82. The number of hydrazine groups is 1. The van der Waals surface area contributed by atoms with Crippen molar-refractivity contribution in [3.8, 4) is 11.5 Å². The first kappa shape index (κ1) is 13.3. The predicted octanol–water partition coefficient (Wildman–Crippen LogP) is 1.02. The molecule has 0 spiro atoms. The number of benzene rings is 1. The van der Waals surface area contributed by atoms with Gasteiger partial charge in [-0.05, 0) is 12.5 Å². The Kier molecular flexibility index (Phi) is 5.29. The standard InChI is InChI=1S/C12H18N2O3/c1-3-7-17-12-9(8-11(15)14-13)5-4-6-10(12)16-2/h4-6H,3,7-8,13H2,1-2H3,(H,14,15). The highest BCUT2D eigenvalue weighted by molar-refractivity contribution is 5.79. The Hall–Kier alpha value is -1.75. The Morgan fingerprint density at radius 2 is 2.24 bits per heavy atom. The second kappa shape index (κ2) is 6.75. The third kappa shape index (κ3) is 3.64. The van der Waals surface area contributed by atoms with Crippen LogP contribution in [0.25, 0.3) is 0 Å². The fraction of sp³-hybridized carbons (Fsp3) is 0.417. The number of nitrogens with two attached hydrogens (primary N) is 1. The highest BCUT2D eigenvalue weighted by Gasteiger charge is 2.12. The molecule has 0 aliphatic heterocycles. The van der Waals surface area contributed by atoms with E-state index < -0.39 is 0 Å².